The van der Waals surface area contributed by atoms with Crippen molar-refractivity contribution in [3.05, 3.63) is 0 Å². The number of amides is 2. The minimum atomic E-state index is -1.27. The van der Waals surface area contributed by atoms with E-state index in [2.05, 4.69) is 5.32 Å². The van der Waals surface area contributed by atoms with Gasteiger partial charge in [-0.25, -0.2) is 9.59 Å². The van der Waals surface area contributed by atoms with Crippen LogP contribution < -0.4 is 5.32 Å². The number of aliphatic carboxylic acids is 1. The first-order valence-corrected chi connectivity index (χ1v) is 6.22. The van der Waals surface area contributed by atoms with Crippen molar-refractivity contribution in [1.82, 2.24) is 10.2 Å². The summed E-state index contributed by atoms with van der Waals surface area (Å²) in [5.74, 6) is -0.837. The van der Waals surface area contributed by atoms with Crippen LogP contribution in [-0.2, 0) is 4.79 Å². The lowest BCUT2D eigenvalue weighted by molar-refractivity contribution is -0.143. The van der Waals surface area contributed by atoms with Gasteiger partial charge in [0.1, 0.15) is 5.54 Å². The predicted molar refractivity (Wildman–Crippen MR) is 66.2 cm³/mol. The van der Waals surface area contributed by atoms with Crippen LogP contribution in [0.15, 0.2) is 0 Å². The number of rotatable bonds is 3. The van der Waals surface area contributed by atoms with Crippen LogP contribution in [0.25, 0.3) is 0 Å². The third kappa shape index (κ3) is 3.60. The molecular formula is C12H22N2O4. The number of hydrogen-bond acceptors (Lipinski definition) is 3. The molecule has 104 valence electrons. The number of nitrogens with zero attached hydrogens (tertiary/aromatic N) is 1. The Labute approximate surface area is 107 Å². The topological polar surface area (TPSA) is 89.9 Å². The molecule has 1 fully saturated rings. The van der Waals surface area contributed by atoms with E-state index in [1.54, 1.807) is 11.8 Å². The standard InChI is InChI=1S/C12H22N2O4/c1-8(15)9-4-6-14(7-5-9)11(18)13-12(2,3)10(16)17/h8-9,15H,4-7H2,1-3H3,(H,13,18)(H,16,17). The summed E-state index contributed by atoms with van der Waals surface area (Å²) in [4.78, 5) is 24.4. The van der Waals surface area contributed by atoms with E-state index in [1.165, 1.54) is 13.8 Å². The van der Waals surface area contributed by atoms with Gasteiger partial charge in [-0.05, 0) is 39.5 Å². The van der Waals surface area contributed by atoms with Gasteiger partial charge in [0.2, 0.25) is 0 Å². The first kappa shape index (κ1) is 14.8. The van der Waals surface area contributed by atoms with E-state index in [0.29, 0.717) is 13.1 Å². The van der Waals surface area contributed by atoms with Crippen molar-refractivity contribution >= 4 is 12.0 Å². The highest BCUT2D eigenvalue weighted by atomic mass is 16.4. The molecule has 1 aliphatic rings. The second kappa shape index (κ2) is 5.56. The maximum absolute atomic E-state index is 11.9. The second-order valence-corrected chi connectivity index (χ2v) is 5.43. The number of carboxylic acid groups (broad SMARTS) is 1. The Hall–Kier alpha value is -1.30. The van der Waals surface area contributed by atoms with Crippen molar-refractivity contribution < 1.29 is 19.8 Å². The van der Waals surface area contributed by atoms with Crippen molar-refractivity contribution in [3.8, 4) is 0 Å². The molecule has 0 aliphatic carbocycles. The summed E-state index contributed by atoms with van der Waals surface area (Å²) in [6, 6.07) is -0.355. The highest BCUT2D eigenvalue weighted by Crippen LogP contribution is 2.20. The lowest BCUT2D eigenvalue weighted by atomic mass is 9.92. The molecule has 1 rings (SSSR count). The summed E-state index contributed by atoms with van der Waals surface area (Å²) in [6.45, 7) is 5.77. The smallest absolute Gasteiger partial charge is 0.328 e. The molecule has 2 amide bonds. The number of carbonyl (C=O) groups is 2. The Morgan fingerprint density at radius 3 is 2.22 bits per heavy atom. The Balaban J connectivity index is 2.48. The monoisotopic (exact) mass is 258 g/mol. The van der Waals surface area contributed by atoms with E-state index in [4.69, 9.17) is 5.11 Å². The minimum absolute atomic E-state index is 0.224. The van der Waals surface area contributed by atoms with Crippen LogP contribution in [-0.4, -0.2) is 51.8 Å². The Morgan fingerprint density at radius 2 is 1.83 bits per heavy atom. The number of carbonyl (C=O) groups excluding carboxylic acids is 1. The fourth-order valence-corrected chi connectivity index (χ4v) is 1.98. The van der Waals surface area contributed by atoms with Gasteiger partial charge < -0.3 is 20.4 Å². The van der Waals surface area contributed by atoms with Crippen molar-refractivity contribution in [1.29, 1.82) is 0 Å². The van der Waals surface area contributed by atoms with Crippen LogP contribution >= 0.6 is 0 Å². The molecule has 6 nitrogen and oxygen atoms in total. The number of piperidine rings is 1. The quantitative estimate of drug-likeness (QED) is 0.693. The first-order valence-electron chi connectivity index (χ1n) is 6.22. The fourth-order valence-electron chi connectivity index (χ4n) is 1.98. The molecule has 3 N–H and O–H groups in total. The SMILES string of the molecule is CC(O)C1CCN(C(=O)NC(C)(C)C(=O)O)CC1. The number of likely N-dealkylation sites (tertiary alicyclic amines) is 1. The van der Waals surface area contributed by atoms with Crippen LogP contribution in [0.5, 0.6) is 0 Å². The summed E-state index contributed by atoms with van der Waals surface area (Å²) in [6.07, 6.45) is 1.14. The van der Waals surface area contributed by atoms with Gasteiger partial charge in [-0.2, -0.15) is 0 Å². The average Bonchev–Trinajstić information content (AvgIpc) is 2.28. The Bertz CT molecular complexity index is 320. The van der Waals surface area contributed by atoms with E-state index in [0.717, 1.165) is 12.8 Å². The van der Waals surface area contributed by atoms with E-state index in [9.17, 15) is 14.7 Å². The van der Waals surface area contributed by atoms with Crippen molar-refractivity contribution in [3.63, 3.8) is 0 Å². The largest absolute Gasteiger partial charge is 0.480 e. The normalized spacial score (nSPS) is 19.4. The summed E-state index contributed by atoms with van der Waals surface area (Å²) < 4.78 is 0. The molecule has 1 unspecified atom stereocenters. The molecule has 0 aromatic carbocycles. The second-order valence-electron chi connectivity index (χ2n) is 5.43. The maximum Gasteiger partial charge on any atom is 0.328 e. The first-order chi connectivity index (χ1) is 8.24. The number of carboxylic acids is 1. The van der Waals surface area contributed by atoms with Gasteiger partial charge in [-0.15, -0.1) is 0 Å². The van der Waals surface area contributed by atoms with E-state index >= 15 is 0 Å². The summed E-state index contributed by atoms with van der Waals surface area (Å²) >= 11 is 0. The molecule has 18 heavy (non-hydrogen) atoms. The molecule has 1 heterocycles. The van der Waals surface area contributed by atoms with Crippen molar-refractivity contribution in [2.75, 3.05) is 13.1 Å². The zero-order valence-electron chi connectivity index (χ0n) is 11.1. The van der Waals surface area contributed by atoms with E-state index in [-0.39, 0.29) is 18.1 Å². The number of urea groups is 1. The molecule has 1 saturated heterocycles. The van der Waals surface area contributed by atoms with Gasteiger partial charge in [-0.1, -0.05) is 0 Å². The summed E-state index contributed by atoms with van der Waals surface area (Å²) in [5, 5.41) is 20.9. The molecule has 0 spiro atoms. The highest BCUT2D eigenvalue weighted by molar-refractivity contribution is 5.85. The van der Waals surface area contributed by atoms with Gasteiger partial charge in [0, 0.05) is 13.1 Å². The molecular weight excluding hydrogens is 236 g/mol. The van der Waals surface area contributed by atoms with Crippen LogP contribution in [0, 0.1) is 5.92 Å². The number of aliphatic hydroxyl groups is 1. The fraction of sp³-hybridized carbons (Fsp3) is 0.833. The summed E-state index contributed by atoms with van der Waals surface area (Å²) in [7, 11) is 0. The van der Waals surface area contributed by atoms with Gasteiger partial charge >= 0.3 is 12.0 Å². The molecule has 0 aromatic rings. The van der Waals surface area contributed by atoms with Gasteiger partial charge in [0.25, 0.3) is 0 Å². The average molecular weight is 258 g/mol. The maximum atomic E-state index is 11.9. The molecule has 0 saturated carbocycles. The Morgan fingerprint density at radius 1 is 1.33 bits per heavy atom. The summed E-state index contributed by atoms with van der Waals surface area (Å²) in [5.41, 5.74) is -1.27. The van der Waals surface area contributed by atoms with Crippen LogP contribution in [0.4, 0.5) is 4.79 Å². The van der Waals surface area contributed by atoms with E-state index < -0.39 is 11.5 Å². The zero-order valence-corrected chi connectivity index (χ0v) is 11.1. The third-order valence-electron chi connectivity index (χ3n) is 3.46. The van der Waals surface area contributed by atoms with Crippen molar-refractivity contribution in [2.24, 2.45) is 5.92 Å². The molecule has 1 atom stereocenters. The third-order valence-corrected chi connectivity index (χ3v) is 3.46. The molecule has 1 aliphatic heterocycles. The lowest BCUT2D eigenvalue weighted by Gasteiger charge is -2.35. The Kier molecular flexibility index (Phi) is 4.56. The molecule has 0 bridgehead atoms. The molecule has 0 aromatic heterocycles. The van der Waals surface area contributed by atoms with Crippen LogP contribution in [0.2, 0.25) is 0 Å². The predicted octanol–water partition coefficient (Wildman–Crippen LogP) is 0.652. The lowest BCUT2D eigenvalue weighted by Crippen LogP contribution is -2.55. The number of nitrogens with one attached hydrogen (secondary N) is 1. The van der Waals surface area contributed by atoms with Gasteiger partial charge in [0.05, 0.1) is 6.10 Å². The minimum Gasteiger partial charge on any atom is -0.480 e. The van der Waals surface area contributed by atoms with Gasteiger partial charge in [0.15, 0.2) is 0 Å². The molecule has 0 radical (unpaired) electrons. The van der Waals surface area contributed by atoms with Crippen LogP contribution in [0.3, 0.4) is 0 Å². The van der Waals surface area contributed by atoms with Crippen molar-refractivity contribution in [2.45, 2.75) is 45.3 Å². The van der Waals surface area contributed by atoms with E-state index in [1.807, 2.05) is 0 Å². The number of aliphatic hydroxyl groups excluding tert-OH is 1. The van der Waals surface area contributed by atoms with Gasteiger partial charge in [-0.3, -0.25) is 0 Å². The molecule has 6 heteroatoms. The van der Waals surface area contributed by atoms with Crippen LogP contribution in [0.1, 0.15) is 33.6 Å². The number of hydrogen-bond donors (Lipinski definition) is 3. The zero-order chi connectivity index (χ0) is 13.9. The highest BCUT2D eigenvalue weighted by Gasteiger charge is 2.32.